The Labute approximate surface area is 111 Å². The highest BCUT2D eigenvalue weighted by Gasteiger charge is 2.24. The highest BCUT2D eigenvalue weighted by molar-refractivity contribution is 7.90. The second-order valence-electron chi connectivity index (χ2n) is 4.54. The molecule has 5 nitrogen and oxygen atoms in total. The topological polar surface area (TPSA) is 83.5 Å². The van der Waals surface area contributed by atoms with Gasteiger partial charge in [-0.15, -0.1) is 0 Å². The Bertz CT molecular complexity index is 539. The number of hydrogen-bond donors (Lipinski definition) is 2. The van der Waals surface area contributed by atoms with Gasteiger partial charge in [-0.2, -0.15) is 0 Å². The van der Waals surface area contributed by atoms with Gasteiger partial charge in [0.1, 0.15) is 5.82 Å². The first kappa shape index (κ1) is 15.6. The Hall–Kier alpha value is -1.47. The summed E-state index contributed by atoms with van der Waals surface area (Å²) in [6.45, 7) is 3.58. The molecule has 0 heterocycles. The number of rotatable bonds is 6. The number of carboxylic acids is 1. The minimum Gasteiger partial charge on any atom is -0.480 e. The van der Waals surface area contributed by atoms with Crippen LogP contribution in [0.1, 0.15) is 25.5 Å². The van der Waals surface area contributed by atoms with Crippen LogP contribution in [0.25, 0.3) is 0 Å². The zero-order valence-corrected chi connectivity index (χ0v) is 11.4. The predicted octanol–water partition coefficient (Wildman–Crippen LogP) is 1.53. The summed E-state index contributed by atoms with van der Waals surface area (Å²) >= 11 is 0. The molecular weight excluding hydrogens is 273 g/mol. The van der Waals surface area contributed by atoms with Crippen molar-refractivity contribution < 1.29 is 22.7 Å². The predicted molar refractivity (Wildman–Crippen MR) is 68.5 cm³/mol. The molecule has 0 radical (unpaired) electrons. The molecule has 1 unspecified atom stereocenters. The Kier molecular flexibility index (Phi) is 5.02. The Balaban J connectivity index is 2.97. The summed E-state index contributed by atoms with van der Waals surface area (Å²) in [7, 11) is -3.93. The first-order chi connectivity index (χ1) is 8.71. The molecule has 106 valence electrons. The zero-order chi connectivity index (χ0) is 14.6. The highest BCUT2D eigenvalue weighted by Crippen LogP contribution is 2.22. The third-order valence-corrected chi connectivity index (χ3v) is 3.76. The van der Waals surface area contributed by atoms with E-state index in [1.165, 1.54) is 24.3 Å². The summed E-state index contributed by atoms with van der Waals surface area (Å²) in [6.07, 6.45) is 0. The lowest BCUT2D eigenvalue weighted by molar-refractivity contribution is -0.134. The van der Waals surface area contributed by atoms with Crippen LogP contribution in [0.15, 0.2) is 24.3 Å². The molecule has 0 saturated heterocycles. The smallest absolute Gasteiger partial charge is 0.320 e. The normalized spacial score (nSPS) is 13.5. The van der Waals surface area contributed by atoms with Crippen molar-refractivity contribution in [1.82, 2.24) is 4.72 Å². The number of benzene rings is 1. The number of nitrogens with one attached hydrogen (secondary N) is 1. The number of aliphatic carboxylic acids is 1. The van der Waals surface area contributed by atoms with Gasteiger partial charge in [0.25, 0.3) is 0 Å². The van der Waals surface area contributed by atoms with Gasteiger partial charge < -0.3 is 5.11 Å². The molecule has 7 heteroatoms. The lowest BCUT2D eigenvalue weighted by Gasteiger charge is -2.22. The van der Waals surface area contributed by atoms with E-state index in [9.17, 15) is 17.6 Å². The van der Waals surface area contributed by atoms with Crippen LogP contribution in [-0.4, -0.2) is 25.2 Å². The number of carbonyl (C=O) groups is 1. The summed E-state index contributed by atoms with van der Waals surface area (Å²) in [4.78, 5) is 10.5. The molecule has 0 aromatic heterocycles. The minimum absolute atomic E-state index is 0.103. The first-order valence-corrected chi connectivity index (χ1v) is 7.34. The summed E-state index contributed by atoms with van der Waals surface area (Å²) < 4.78 is 38.4. The van der Waals surface area contributed by atoms with Crippen molar-refractivity contribution >= 4 is 16.0 Å². The molecule has 1 atom stereocenters. The van der Waals surface area contributed by atoms with Crippen molar-refractivity contribution in [2.24, 2.45) is 5.92 Å². The van der Waals surface area contributed by atoms with E-state index >= 15 is 0 Å². The SMILES string of the molecule is CC(C)C(NS(=O)(=O)CC(=O)O)c1ccc(F)cc1. The van der Waals surface area contributed by atoms with Gasteiger partial charge in [0.15, 0.2) is 5.75 Å². The van der Waals surface area contributed by atoms with E-state index in [1.54, 1.807) is 13.8 Å². The molecule has 0 spiro atoms. The maximum atomic E-state index is 12.8. The van der Waals surface area contributed by atoms with Crippen LogP contribution >= 0.6 is 0 Å². The van der Waals surface area contributed by atoms with Gasteiger partial charge in [0, 0.05) is 6.04 Å². The van der Waals surface area contributed by atoms with Crippen LogP contribution in [0, 0.1) is 11.7 Å². The number of carboxylic acid groups (broad SMARTS) is 1. The molecule has 1 rings (SSSR count). The molecule has 0 aliphatic rings. The van der Waals surface area contributed by atoms with Gasteiger partial charge in [-0.1, -0.05) is 26.0 Å². The maximum Gasteiger partial charge on any atom is 0.320 e. The standard InChI is InChI=1S/C12H16FNO4S/c1-8(2)12(9-3-5-10(13)6-4-9)14-19(17,18)7-11(15)16/h3-6,8,12,14H,7H2,1-2H3,(H,15,16). The van der Waals surface area contributed by atoms with Crippen molar-refractivity contribution in [3.63, 3.8) is 0 Å². The van der Waals surface area contributed by atoms with Crippen molar-refractivity contribution in [3.05, 3.63) is 35.6 Å². The van der Waals surface area contributed by atoms with Gasteiger partial charge >= 0.3 is 5.97 Å². The molecule has 1 aromatic carbocycles. The van der Waals surface area contributed by atoms with Crippen LogP contribution in [0.2, 0.25) is 0 Å². The van der Waals surface area contributed by atoms with Gasteiger partial charge in [0.2, 0.25) is 10.0 Å². The Morgan fingerprint density at radius 3 is 2.26 bits per heavy atom. The largest absolute Gasteiger partial charge is 0.480 e. The van der Waals surface area contributed by atoms with Crippen LogP contribution in [0.3, 0.4) is 0 Å². The van der Waals surface area contributed by atoms with Gasteiger partial charge in [-0.25, -0.2) is 17.5 Å². The van der Waals surface area contributed by atoms with Gasteiger partial charge in [-0.05, 0) is 23.6 Å². The first-order valence-electron chi connectivity index (χ1n) is 5.68. The molecule has 0 aliphatic heterocycles. The lowest BCUT2D eigenvalue weighted by atomic mass is 9.97. The van der Waals surface area contributed by atoms with Gasteiger partial charge in [-0.3, -0.25) is 4.79 Å². The fourth-order valence-electron chi connectivity index (χ4n) is 1.66. The minimum atomic E-state index is -3.93. The van der Waals surface area contributed by atoms with Crippen LogP contribution < -0.4 is 4.72 Å². The maximum absolute atomic E-state index is 12.8. The summed E-state index contributed by atoms with van der Waals surface area (Å²) in [5.41, 5.74) is 0.588. The molecule has 0 amide bonds. The molecular formula is C12H16FNO4S. The van der Waals surface area contributed by atoms with Crippen molar-refractivity contribution in [3.8, 4) is 0 Å². The van der Waals surface area contributed by atoms with E-state index in [0.29, 0.717) is 5.56 Å². The van der Waals surface area contributed by atoms with E-state index in [1.807, 2.05) is 0 Å². The van der Waals surface area contributed by atoms with E-state index in [2.05, 4.69) is 4.72 Å². The highest BCUT2D eigenvalue weighted by atomic mass is 32.2. The van der Waals surface area contributed by atoms with Crippen LogP contribution in [-0.2, 0) is 14.8 Å². The number of halogens is 1. The van der Waals surface area contributed by atoms with Crippen molar-refractivity contribution in [1.29, 1.82) is 0 Å². The van der Waals surface area contributed by atoms with Crippen molar-refractivity contribution in [2.45, 2.75) is 19.9 Å². The number of sulfonamides is 1. The second-order valence-corrected chi connectivity index (χ2v) is 6.30. The third-order valence-electron chi connectivity index (χ3n) is 2.52. The Morgan fingerprint density at radius 1 is 1.32 bits per heavy atom. The zero-order valence-electron chi connectivity index (χ0n) is 10.6. The molecule has 0 fully saturated rings. The lowest BCUT2D eigenvalue weighted by Crippen LogP contribution is -2.35. The molecule has 2 N–H and O–H groups in total. The van der Waals surface area contributed by atoms with E-state index in [0.717, 1.165) is 0 Å². The summed E-state index contributed by atoms with van der Waals surface area (Å²) in [5.74, 6) is -2.93. The van der Waals surface area contributed by atoms with E-state index in [4.69, 9.17) is 5.11 Å². The quantitative estimate of drug-likeness (QED) is 0.832. The molecule has 0 aliphatic carbocycles. The summed E-state index contributed by atoms with van der Waals surface area (Å²) in [5, 5.41) is 8.54. The molecule has 0 bridgehead atoms. The fraction of sp³-hybridized carbons (Fsp3) is 0.417. The van der Waals surface area contributed by atoms with Crippen LogP contribution in [0.4, 0.5) is 4.39 Å². The number of hydrogen-bond acceptors (Lipinski definition) is 3. The molecule has 0 saturated carbocycles. The van der Waals surface area contributed by atoms with Crippen LogP contribution in [0.5, 0.6) is 0 Å². The molecule has 19 heavy (non-hydrogen) atoms. The molecule has 1 aromatic rings. The summed E-state index contributed by atoms with van der Waals surface area (Å²) in [6, 6.07) is 4.82. The Morgan fingerprint density at radius 2 is 1.84 bits per heavy atom. The van der Waals surface area contributed by atoms with Crippen molar-refractivity contribution in [2.75, 3.05) is 5.75 Å². The second kappa shape index (κ2) is 6.12. The van der Waals surface area contributed by atoms with Gasteiger partial charge in [0.05, 0.1) is 0 Å². The van der Waals surface area contributed by atoms with E-state index < -0.39 is 33.6 Å². The van der Waals surface area contributed by atoms with E-state index in [-0.39, 0.29) is 5.92 Å². The average Bonchev–Trinajstić information content (AvgIpc) is 2.25. The third kappa shape index (κ3) is 4.96. The monoisotopic (exact) mass is 289 g/mol. The fourth-order valence-corrected chi connectivity index (χ4v) is 2.86. The average molecular weight is 289 g/mol.